The number of unbranched alkanes of at least 4 members (excludes halogenated alkanes) is 1. The second kappa shape index (κ2) is 15.1. The Morgan fingerprint density at radius 3 is 2.59 bits per heavy atom. The maximum atomic E-state index is 13.7. The molecular formula is C31H49N3O7. The van der Waals surface area contributed by atoms with Gasteiger partial charge in [0.05, 0.1) is 25.7 Å². The van der Waals surface area contributed by atoms with Gasteiger partial charge in [0.15, 0.2) is 11.5 Å². The zero-order valence-corrected chi connectivity index (χ0v) is 25.3. The van der Waals surface area contributed by atoms with Crippen LogP contribution in [0, 0.1) is 5.92 Å². The molecule has 0 radical (unpaired) electrons. The van der Waals surface area contributed by atoms with Crippen molar-refractivity contribution in [2.75, 3.05) is 67.3 Å². The molecule has 0 bridgehead atoms. The Bertz CT molecular complexity index is 1010. The van der Waals surface area contributed by atoms with Gasteiger partial charge in [-0.25, -0.2) is 0 Å². The number of aliphatic carboxylic acids is 1. The van der Waals surface area contributed by atoms with Crippen LogP contribution in [0.15, 0.2) is 12.1 Å². The summed E-state index contributed by atoms with van der Waals surface area (Å²) in [6, 6.07) is 3.47. The normalized spacial score (nSPS) is 24.1. The number of hydrogen-bond acceptors (Lipinski definition) is 8. The Morgan fingerprint density at radius 2 is 1.90 bits per heavy atom. The molecule has 2 fully saturated rings. The first kappa shape index (κ1) is 31.4. The molecule has 1 aromatic rings. The topological polar surface area (TPSA) is 101 Å². The lowest BCUT2D eigenvalue weighted by atomic mass is 9.83. The number of hydrogen-bond donors (Lipinski definition) is 1. The van der Waals surface area contributed by atoms with Gasteiger partial charge < -0.3 is 33.9 Å². The molecule has 4 rings (SSSR count). The van der Waals surface area contributed by atoms with Gasteiger partial charge in [0.1, 0.15) is 0 Å². The molecule has 10 nitrogen and oxygen atoms in total. The van der Waals surface area contributed by atoms with E-state index in [9.17, 15) is 14.7 Å². The number of carbonyl (C=O) groups excluding carboxylic acids is 1. The van der Waals surface area contributed by atoms with Crippen LogP contribution in [0.1, 0.15) is 69.8 Å². The number of rotatable bonds is 15. The van der Waals surface area contributed by atoms with Gasteiger partial charge in [0.25, 0.3) is 0 Å². The van der Waals surface area contributed by atoms with Crippen molar-refractivity contribution < 1.29 is 33.6 Å². The molecule has 10 heteroatoms. The number of carbonyl (C=O) groups is 2. The first-order valence-electron chi connectivity index (χ1n) is 15.3. The van der Waals surface area contributed by atoms with E-state index in [0.717, 1.165) is 70.2 Å². The molecule has 1 aromatic carbocycles. The van der Waals surface area contributed by atoms with Gasteiger partial charge in [-0.3, -0.25) is 14.5 Å². The lowest BCUT2D eigenvalue weighted by molar-refractivity contribution is -0.144. The number of benzene rings is 1. The second-order valence-corrected chi connectivity index (χ2v) is 11.9. The van der Waals surface area contributed by atoms with Crippen molar-refractivity contribution in [2.45, 2.75) is 76.4 Å². The maximum Gasteiger partial charge on any atom is 0.308 e. The monoisotopic (exact) mass is 575 g/mol. The van der Waals surface area contributed by atoms with E-state index < -0.39 is 11.9 Å². The number of fused-ring (bicyclic) bond motifs is 1. The van der Waals surface area contributed by atoms with E-state index in [-0.39, 0.29) is 37.3 Å². The van der Waals surface area contributed by atoms with Crippen LogP contribution in [0.3, 0.4) is 0 Å². The van der Waals surface area contributed by atoms with E-state index in [1.165, 1.54) is 0 Å². The average Bonchev–Trinajstić information content (AvgIpc) is 3.58. The summed E-state index contributed by atoms with van der Waals surface area (Å²) >= 11 is 0. The van der Waals surface area contributed by atoms with E-state index >= 15 is 0 Å². The van der Waals surface area contributed by atoms with E-state index in [1.807, 2.05) is 31.1 Å². The molecule has 4 atom stereocenters. The van der Waals surface area contributed by atoms with Crippen LogP contribution in [-0.2, 0) is 14.3 Å². The lowest BCUT2D eigenvalue weighted by Gasteiger charge is -2.31. The van der Waals surface area contributed by atoms with Crippen LogP contribution < -0.4 is 14.2 Å². The molecule has 1 N–H and O–H groups in total. The molecule has 3 aliphatic heterocycles. The van der Waals surface area contributed by atoms with Gasteiger partial charge in [-0.05, 0) is 83.3 Å². The Morgan fingerprint density at radius 1 is 1.10 bits per heavy atom. The molecule has 1 amide bonds. The summed E-state index contributed by atoms with van der Waals surface area (Å²) in [4.78, 5) is 32.9. The molecule has 2 unspecified atom stereocenters. The number of methoxy groups -OCH3 is 1. The number of carboxylic acid groups (broad SMARTS) is 1. The van der Waals surface area contributed by atoms with Crippen LogP contribution in [-0.4, -0.2) is 111 Å². The van der Waals surface area contributed by atoms with Gasteiger partial charge >= 0.3 is 5.97 Å². The highest BCUT2D eigenvalue weighted by Crippen LogP contribution is 2.47. The molecule has 0 spiro atoms. The predicted octanol–water partition coefficient (Wildman–Crippen LogP) is 3.82. The van der Waals surface area contributed by atoms with E-state index in [2.05, 4.69) is 16.7 Å². The van der Waals surface area contributed by atoms with Crippen molar-refractivity contribution in [1.29, 1.82) is 0 Å². The summed E-state index contributed by atoms with van der Waals surface area (Å²) in [6.07, 6.45) is 7.69. The first-order valence-corrected chi connectivity index (χ1v) is 15.3. The van der Waals surface area contributed by atoms with Crippen LogP contribution in [0.2, 0.25) is 0 Å². The molecule has 3 heterocycles. The lowest BCUT2D eigenvalue weighted by Crippen LogP contribution is -2.45. The van der Waals surface area contributed by atoms with Gasteiger partial charge in [0.2, 0.25) is 18.4 Å². The fraction of sp³-hybridized carbons (Fsp3) is 0.742. The van der Waals surface area contributed by atoms with Crippen LogP contribution in [0.5, 0.6) is 17.2 Å². The quantitative estimate of drug-likeness (QED) is 0.334. The van der Waals surface area contributed by atoms with E-state index in [1.54, 1.807) is 7.11 Å². The third-order valence-corrected chi connectivity index (χ3v) is 8.71. The third-order valence-electron chi connectivity index (χ3n) is 8.71. The second-order valence-electron chi connectivity index (χ2n) is 11.9. The number of ether oxygens (including phenoxy) is 4. The van der Waals surface area contributed by atoms with Gasteiger partial charge in [-0.15, -0.1) is 0 Å². The third kappa shape index (κ3) is 8.05. The zero-order chi connectivity index (χ0) is 29.4. The standard InChI is InChI=1S/C31H49N3O7/c1-5-6-14-33(15-9-13-32(2)3)28(35)20-34-19-24(22-17-26(38-4)30-27(18-22)40-21-41-30)29(31(36)37)25(34)12-11-23-10-7-8-16-39-23/h17-18,23-25,29H,5-16,19-21H2,1-4H3,(H,36,37)/t23?,24-,25+,29?/m1/s1. The molecule has 230 valence electrons. The summed E-state index contributed by atoms with van der Waals surface area (Å²) in [5.41, 5.74) is 0.834. The summed E-state index contributed by atoms with van der Waals surface area (Å²) in [6.45, 7) is 6.03. The van der Waals surface area contributed by atoms with Gasteiger partial charge in [-0.2, -0.15) is 0 Å². The number of amides is 1. The Balaban J connectivity index is 1.58. The molecule has 2 saturated heterocycles. The minimum atomic E-state index is -0.843. The predicted molar refractivity (Wildman–Crippen MR) is 156 cm³/mol. The van der Waals surface area contributed by atoms with Gasteiger partial charge in [0, 0.05) is 38.2 Å². The van der Waals surface area contributed by atoms with Crippen LogP contribution in [0.25, 0.3) is 0 Å². The van der Waals surface area contributed by atoms with Crippen molar-refractivity contribution in [3.05, 3.63) is 17.7 Å². The highest BCUT2D eigenvalue weighted by molar-refractivity contribution is 5.79. The average molecular weight is 576 g/mol. The number of nitrogens with zero attached hydrogens (tertiary/aromatic N) is 3. The fourth-order valence-electron chi connectivity index (χ4n) is 6.51. The molecular weight excluding hydrogens is 526 g/mol. The highest BCUT2D eigenvalue weighted by atomic mass is 16.7. The maximum absolute atomic E-state index is 13.7. The highest BCUT2D eigenvalue weighted by Gasteiger charge is 2.47. The number of carboxylic acids is 1. The minimum absolute atomic E-state index is 0.0733. The van der Waals surface area contributed by atoms with Crippen molar-refractivity contribution >= 4 is 11.9 Å². The fourth-order valence-corrected chi connectivity index (χ4v) is 6.51. The molecule has 0 saturated carbocycles. The molecule has 0 aromatic heterocycles. The first-order chi connectivity index (χ1) is 19.8. The summed E-state index contributed by atoms with van der Waals surface area (Å²) in [7, 11) is 5.66. The van der Waals surface area contributed by atoms with Crippen LogP contribution in [0.4, 0.5) is 0 Å². The zero-order valence-electron chi connectivity index (χ0n) is 25.3. The molecule has 41 heavy (non-hydrogen) atoms. The van der Waals surface area contributed by atoms with Crippen molar-refractivity contribution in [3.63, 3.8) is 0 Å². The minimum Gasteiger partial charge on any atom is -0.493 e. The van der Waals surface area contributed by atoms with Crippen molar-refractivity contribution in [2.24, 2.45) is 5.92 Å². The Labute approximate surface area is 244 Å². The number of likely N-dealkylation sites (tertiary alicyclic amines) is 1. The van der Waals surface area contributed by atoms with Crippen LogP contribution >= 0.6 is 0 Å². The van der Waals surface area contributed by atoms with E-state index in [4.69, 9.17) is 18.9 Å². The largest absolute Gasteiger partial charge is 0.493 e. The van der Waals surface area contributed by atoms with Crippen molar-refractivity contribution in [3.8, 4) is 17.2 Å². The van der Waals surface area contributed by atoms with Gasteiger partial charge in [-0.1, -0.05) is 13.3 Å². The van der Waals surface area contributed by atoms with Crippen molar-refractivity contribution in [1.82, 2.24) is 14.7 Å². The SMILES string of the molecule is CCCCN(CCCN(C)C)C(=O)CN1C[C@H](c2cc(OC)c3c(c2)OCO3)C(C(=O)O)[C@@H]1CCC1CCCCO1. The summed E-state index contributed by atoms with van der Waals surface area (Å²) < 4.78 is 22.8. The molecule has 3 aliphatic rings. The molecule has 0 aliphatic carbocycles. The summed E-state index contributed by atoms with van der Waals surface area (Å²) in [5.74, 6) is -0.116. The smallest absolute Gasteiger partial charge is 0.308 e. The Kier molecular flexibility index (Phi) is 11.5. The Hall–Kier alpha value is -2.56. The summed E-state index contributed by atoms with van der Waals surface area (Å²) in [5, 5.41) is 10.6. The van der Waals surface area contributed by atoms with E-state index in [0.29, 0.717) is 36.8 Å².